The Labute approximate surface area is 148 Å². The van der Waals surface area contributed by atoms with Gasteiger partial charge in [0.25, 0.3) is 10.0 Å². The van der Waals surface area contributed by atoms with Crippen molar-refractivity contribution in [1.82, 2.24) is 0 Å². The highest BCUT2D eigenvalue weighted by Crippen LogP contribution is 2.41. The molecule has 0 aliphatic carbocycles. The Morgan fingerprint density at radius 2 is 1.68 bits per heavy atom. The van der Waals surface area contributed by atoms with Crippen molar-refractivity contribution in [2.24, 2.45) is 0 Å². The van der Waals surface area contributed by atoms with Gasteiger partial charge in [-0.1, -0.05) is 6.07 Å². The second-order valence-electron chi connectivity index (χ2n) is 7.07. The minimum atomic E-state index is -3.73. The topological polar surface area (TPSA) is 66.5 Å². The third kappa shape index (κ3) is 2.80. The van der Waals surface area contributed by atoms with Gasteiger partial charge in [0.15, 0.2) is 0 Å². The van der Waals surface area contributed by atoms with Crippen molar-refractivity contribution in [1.29, 1.82) is 0 Å². The van der Waals surface area contributed by atoms with Crippen LogP contribution in [-0.4, -0.2) is 21.4 Å². The Balaban J connectivity index is 2.01. The summed E-state index contributed by atoms with van der Waals surface area (Å²) in [6, 6.07) is 10.3. The quantitative estimate of drug-likeness (QED) is 0.915. The lowest BCUT2D eigenvalue weighted by atomic mass is 9.86. The van der Waals surface area contributed by atoms with Crippen LogP contribution < -0.4 is 9.62 Å². The highest BCUT2D eigenvalue weighted by Gasteiger charge is 2.42. The zero-order chi connectivity index (χ0) is 18.6. The van der Waals surface area contributed by atoms with Gasteiger partial charge in [0.1, 0.15) is 0 Å². The van der Waals surface area contributed by atoms with Crippen molar-refractivity contribution in [3.63, 3.8) is 0 Å². The van der Waals surface area contributed by atoms with Gasteiger partial charge in [0, 0.05) is 18.4 Å². The molecule has 1 heterocycles. The zero-order valence-corrected chi connectivity index (χ0v) is 15.9. The molecule has 1 N–H and O–H groups in total. The largest absolute Gasteiger partial charge is 0.314 e. The molecule has 1 aliphatic rings. The average molecular weight is 358 g/mol. The summed E-state index contributed by atoms with van der Waals surface area (Å²) >= 11 is 0. The highest BCUT2D eigenvalue weighted by molar-refractivity contribution is 7.92. The second kappa shape index (κ2) is 5.59. The molecule has 3 rings (SSSR count). The zero-order valence-electron chi connectivity index (χ0n) is 15.0. The summed E-state index contributed by atoms with van der Waals surface area (Å²) in [5.41, 5.74) is 3.38. The first-order valence-corrected chi connectivity index (χ1v) is 9.55. The fourth-order valence-electron chi connectivity index (χ4n) is 3.14. The first-order valence-electron chi connectivity index (χ1n) is 8.07. The summed E-state index contributed by atoms with van der Waals surface area (Å²) < 4.78 is 28.1. The maximum Gasteiger partial charge on any atom is 0.261 e. The molecule has 0 spiro atoms. The van der Waals surface area contributed by atoms with Crippen LogP contribution in [0, 0.1) is 13.8 Å². The molecule has 0 unspecified atom stereocenters. The molecule has 0 fully saturated rings. The first kappa shape index (κ1) is 17.5. The molecule has 0 bridgehead atoms. The van der Waals surface area contributed by atoms with Crippen LogP contribution in [-0.2, 0) is 20.2 Å². The van der Waals surface area contributed by atoms with Crippen LogP contribution in [0.2, 0.25) is 0 Å². The van der Waals surface area contributed by atoms with E-state index in [4.69, 9.17) is 0 Å². The number of anilines is 2. The molecular weight excluding hydrogens is 336 g/mol. The van der Waals surface area contributed by atoms with Crippen molar-refractivity contribution >= 4 is 27.3 Å². The Kier molecular flexibility index (Phi) is 3.91. The summed E-state index contributed by atoms with van der Waals surface area (Å²) in [6.07, 6.45) is 0. The van der Waals surface area contributed by atoms with Crippen molar-refractivity contribution in [2.75, 3.05) is 16.7 Å². The second-order valence-corrected chi connectivity index (χ2v) is 8.76. The summed E-state index contributed by atoms with van der Waals surface area (Å²) in [6.45, 7) is 7.53. The average Bonchev–Trinajstić information content (AvgIpc) is 2.71. The number of hydrogen-bond acceptors (Lipinski definition) is 3. The van der Waals surface area contributed by atoms with E-state index in [9.17, 15) is 13.2 Å². The molecule has 0 saturated carbocycles. The Hall–Kier alpha value is -2.34. The van der Waals surface area contributed by atoms with Gasteiger partial charge in [-0.25, -0.2) is 8.42 Å². The standard InChI is InChI=1S/C19H22N2O3S/c1-12-6-7-14(10-13(12)2)20-25(23,24)15-8-9-17-16(11-15)19(3,4)18(22)21(17)5/h6-11,20H,1-5H3. The van der Waals surface area contributed by atoms with Crippen molar-refractivity contribution in [3.05, 3.63) is 53.1 Å². The molecular formula is C19H22N2O3S. The van der Waals surface area contributed by atoms with E-state index in [2.05, 4.69) is 4.72 Å². The lowest BCUT2D eigenvalue weighted by molar-refractivity contribution is -0.121. The van der Waals surface area contributed by atoms with E-state index in [-0.39, 0.29) is 10.8 Å². The fourth-order valence-corrected chi connectivity index (χ4v) is 4.21. The third-order valence-corrected chi connectivity index (χ3v) is 6.29. The summed E-state index contributed by atoms with van der Waals surface area (Å²) in [5, 5.41) is 0. The molecule has 5 nitrogen and oxygen atoms in total. The maximum absolute atomic E-state index is 12.8. The summed E-state index contributed by atoms with van der Waals surface area (Å²) in [5.74, 6) is -0.0424. The van der Waals surface area contributed by atoms with Gasteiger partial charge in [-0.05, 0) is 74.7 Å². The molecule has 0 atom stereocenters. The summed E-state index contributed by atoms with van der Waals surface area (Å²) in [4.78, 5) is 14.1. The molecule has 132 valence electrons. The number of nitrogens with one attached hydrogen (secondary N) is 1. The molecule has 1 aliphatic heterocycles. The van der Waals surface area contributed by atoms with E-state index in [1.807, 2.05) is 39.8 Å². The minimum Gasteiger partial charge on any atom is -0.314 e. The Morgan fingerprint density at radius 3 is 2.32 bits per heavy atom. The number of fused-ring (bicyclic) bond motifs is 1. The smallest absolute Gasteiger partial charge is 0.261 e. The van der Waals surface area contributed by atoms with Crippen LogP contribution in [0.1, 0.15) is 30.5 Å². The monoisotopic (exact) mass is 358 g/mol. The van der Waals surface area contributed by atoms with Gasteiger partial charge >= 0.3 is 0 Å². The number of sulfonamides is 1. The number of carbonyl (C=O) groups excluding carboxylic acids is 1. The van der Waals surface area contributed by atoms with Crippen LogP contribution in [0.3, 0.4) is 0 Å². The van der Waals surface area contributed by atoms with Gasteiger partial charge in [0.2, 0.25) is 5.91 Å². The maximum atomic E-state index is 12.8. The number of amides is 1. The van der Waals surface area contributed by atoms with Crippen LogP contribution in [0.25, 0.3) is 0 Å². The minimum absolute atomic E-state index is 0.0424. The fraction of sp³-hybridized carbons (Fsp3) is 0.316. The number of benzene rings is 2. The predicted octanol–water partition coefficient (Wildman–Crippen LogP) is 3.36. The molecule has 0 radical (unpaired) electrons. The lowest BCUT2D eigenvalue weighted by Gasteiger charge is -2.17. The van der Waals surface area contributed by atoms with Crippen LogP contribution in [0.4, 0.5) is 11.4 Å². The van der Waals surface area contributed by atoms with Crippen molar-refractivity contribution in [2.45, 2.75) is 38.0 Å². The van der Waals surface area contributed by atoms with E-state index in [0.29, 0.717) is 5.69 Å². The molecule has 2 aromatic rings. The predicted molar refractivity (Wildman–Crippen MR) is 99.6 cm³/mol. The number of likely N-dealkylation sites (N-methyl/N-ethyl adjacent to an activating group) is 1. The van der Waals surface area contributed by atoms with Gasteiger partial charge in [-0.15, -0.1) is 0 Å². The number of carbonyl (C=O) groups is 1. The third-order valence-electron chi connectivity index (χ3n) is 4.91. The Morgan fingerprint density at radius 1 is 1.00 bits per heavy atom. The number of rotatable bonds is 3. The molecule has 25 heavy (non-hydrogen) atoms. The van der Waals surface area contributed by atoms with Gasteiger partial charge in [-0.2, -0.15) is 0 Å². The SMILES string of the molecule is Cc1ccc(NS(=O)(=O)c2ccc3c(c2)C(C)(C)C(=O)N3C)cc1C. The van der Waals surface area contributed by atoms with Gasteiger partial charge in [-0.3, -0.25) is 9.52 Å². The van der Waals surface area contributed by atoms with Crippen LogP contribution >= 0.6 is 0 Å². The van der Waals surface area contributed by atoms with E-state index in [1.165, 1.54) is 6.07 Å². The normalized spacial score (nSPS) is 16.0. The van der Waals surface area contributed by atoms with Crippen LogP contribution in [0.15, 0.2) is 41.3 Å². The van der Waals surface area contributed by atoms with E-state index in [1.54, 1.807) is 30.1 Å². The first-order chi connectivity index (χ1) is 11.5. The molecule has 2 aromatic carbocycles. The van der Waals surface area contributed by atoms with E-state index < -0.39 is 15.4 Å². The van der Waals surface area contributed by atoms with Crippen molar-refractivity contribution < 1.29 is 13.2 Å². The van der Waals surface area contributed by atoms with Gasteiger partial charge in [0.05, 0.1) is 10.3 Å². The number of nitrogens with zero attached hydrogens (tertiary/aromatic N) is 1. The molecule has 0 saturated heterocycles. The number of hydrogen-bond donors (Lipinski definition) is 1. The summed E-state index contributed by atoms with van der Waals surface area (Å²) in [7, 11) is -2.02. The van der Waals surface area contributed by atoms with Crippen molar-refractivity contribution in [3.8, 4) is 0 Å². The van der Waals surface area contributed by atoms with Crippen LogP contribution in [0.5, 0.6) is 0 Å². The molecule has 1 amide bonds. The highest BCUT2D eigenvalue weighted by atomic mass is 32.2. The Bertz CT molecular complexity index is 978. The molecule has 0 aromatic heterocycles. The van der Waals surface area contributed by atoms with Gasteiger partial charge < -0.3 is 4.90 Å². The lowest BCUT2D eigenvalue weighted by Crippen LogP contribution is -2.33. The number of aryl methyl sites for hydroxylation is 2. The van der Waals surface area contributed by atoms with E-state index in [0.717, 1.165) is 22.4 Å². The molecule has 6 heteroatoms. The van der Waals surface area contributed by atoms with E-state index >= 15 is 0 Å².